The van der Waals surface area contributed by atoms with Gasteiger partial charge in [0.1, 0.15) is 0 Å². The maximum atomic E-state index is 10.3. The van der Waals surface area contributed by atoms with E-state index in [-0.39, 0.29) is 5.41 Å². The minimum absolute atomic E-state index is 0.190. The second-order valence-corrected chi connectivity index (χ2v) is 2.92. The molecular formula is C6H13N3O. The Kier molecular flexibility index (Phi) is 1.80. The van der Waals surface area contributed by atoms with Gasteiger partial charge >= 0.3 is 6.03 Å². The summed E-state index contributed by atoms with van der Waals surface area (Å²) in [6.07, 6.45) is 2.23. The summed E-state index contributed by atoms with van der Waals surface area (Å²) < 4.78 is 0. The summed E-state index contributed by atoms with van der Waals surface area (Å²) in [6, 6.07) is -0.459. The van der Waals surface area contributed by atoms with Crippen LogP contribution in [0.3, 0.4) is 0 Å². The van der Waals surface area contributed by atoms with Gasteiger partial charge in [0.25, 0.3) is 0 Å². The standard InChI is InChI=1S/C6H13N3O/c7-3-6(1-2-6)4-9-5(8)10/h1-4,7H2,(H3,8,9,10). The number of primary amides is 1. The molecule has 0 aromatic heterocycles. The molecule has 4 heteroatoms. The third kappa shape index (κ3) is 1.60. The zero-order valence-corrected chi connectivity index (χ0v) is 5.89. The molecule has 5 N–H and O–H groups in total. The van der Waals surface area contributed by atoms with Gasteiger partial charge in [0, 0.05) is 12.0 Å². The molecule has 0 unspecified atom stereocenters. The van der Waals surface area contributed by atoms with Crippen molar-refractivity contribution in [2.45, 2.75) is 12.8 Å². The van der Waals surface area contributed by atoms with Crippen LogP contribution in [-0.4, -0.2) is 19.1 Å². The molecule has 0 atom stereocenters. The Bertz CT molecular complexity index is 142. The highest BCUT2D eigenvalue weighted by atomic mass is 16.2. The van der Waals surface area contributed by atoms with Crippen LogP contribution in [0.4, 0.5) is 4.79 Å². The molecular weight excluding hydrogens is 130 g/mol. The van der Waals surface area contributed by atoms with Gasteiger partial charge in [0.2, 0.25) is 0 Å². The van der Waals surface area contributed by atoms with Crippen LogP contribution in [0.15, 0.2) is 0 Å². The number of carbonyl (C=O) groups is 1. The van der Waals surface area contributed by atoms with E-state index in [1.807, 2.05) is 0 Å². The molecule has 1 fully saturated rings. The molecule has 0 saturated heterocycles. The van der Waals surface area contributed by atoms with Gasteiger partial charge in [0.15, 0.2) is 0 Å². The van der Waals surface area contributed by atoms with Crippen LogP contribution in [0.1, 0.15) is 12.8 Å². The SMILES string of the molecule is NCC1(CNC(N)=O)CC1. The Labute approximate surface area is 59.9 Å². The van der Waals surface area contributed by atoms with E-state index in [9.17, 15) is 4.79 Å². The number of nitrogens with two attached hydrogens (primary N) is 2. The maximum absolute atomic E-state index is 10.3. The van der Waals surface area contributed by atoms with E-state index in [0.29, 0.717) is 13.1 Å². The maximum Gasteiger partial charge on any atom is 0.312 e. The number of urea groups is 1. The van der Waals surface area contributed by atoms with Crippen LogP contribution in [0.5, 0.6) is 0 Å². The van der Waals surface area contributed by atoms with Crippen molar-refractivity contribution in [3.8, 4) is 0 Å². The Hall–Kier alpha value is -0.770. The number of carbonyl (C=O) groups excluding carboxylic acids is 1. The second-order valence-electron chi connectivity index (χ2n) is 2.92. The van der Waals surface area contributed by atoms with Gasteiger partial charge < -0.3 is 16.8 Å². The highest BCUT2D eigenvalue weighted by Gasteiger charge is 2.40. The Morgan fingerprint density at radius 3 is 2.50 bits per heavy atom. The molecule has 0 radical (unpaired) electrons. The zero-order chi connectivity index (χ0) is 7.61. The van der Waals surface area contributed by atoms with Crippen molar-refractivity contribution >= 4 is 6.03 Å². The summed E-state index contributed by atoms with van der Waals surface area (Å²) in [7, 11) is 0. The van der Waals surface area contributed by atoms with Crippen LogP contribution in [-0.2, 0) is 0 Å². The first-order valence-electron chi connectivity index (χ1n) is 3.42. The fraction of sp³-hybridized carbons (Fsp3) is 0.833. The summed E-state index contributed by atoms with van der Waals surface area (Å²) in [4.78, 5) is 10.3. The van der Waals surface area contributed by atoms with Crippen LogP contribution < -0.4 is 16.8 Å². The van der Waals surface area contributed by atoms with Crippen LogP contribution in [0.25, 0.3) is 0 Å². The molecule has 10 heavy (non-hydrogen) atoms. The molecule has 0 spiro atoms. The first-order chi connectivity index (χ1) is 4.68. The minimum atomic E-state index is -0.459. The lowest BCUT2D eigenvalue weighted by Gasteiger charge is -2.10. The lowest BCUT2D eigenvalue weighted by atomic mass is 10.1. The molecule has 2 amide bonds. The fourth-order valence-corrected chi connectivity index (χ4v) is 0.904. The van der Waals surface area contributed by atoms with Gasteiger partial charge in [-0.25, -0.2) is 4.79 Å². The van der Waals surface area contributed by atoms with Crippen molar-refractivity contribution in [2.75, 3.05) is 13.1 Å². The van der Waals surface area contributed by atoms with E-state index in [0.717, 1.165) is 12.8 Å². The zero-order valence-electron chi connectivity index (χ0n) is 5.89. The van der Waals surface area contributed by atoms with Gasteiger partial charge in [-0.15, -0.1) is 0 Å². The normalized spacial score (nSPS) is 20.1. The molecule has 4 nitrogen and oxygen atoms in total. The second kappa shape index (κ2) is 2.46. The predicted octanol–water partition coefficient (Wildman–Crippen LogP) is -0.606. The molecule has 1 aliphatic carbocycles. The monoisotopic (exact) mass is 143 g/mol. The molecule has 58 valence electrons. The van der Waals surface area contributed by atoms with Gasteiger partial charge in [0.05, 0.1) is 0 Å². The number of hydrogen-bond acceptors (Lipinski definition) is 2. The predicted molar refractivity (Wildman–Crippen MR) is 38.3 cm³/mol. The average Bonchev–Trinajstić information content (AvgIpc) is 2.64. The van der Waals surface area contributed by atoms with Gasteiger partial charge in [-0.2, -0.15) is 0 Å². The lowest BCUT2D eigenvalue weighted by Crippen LogP contribution is -2.37. The summed E-state index contributed by atoms with van der Waals surface area (Å²) in [5, 5.41) is 2.56. The van der Waals surface area contributed by atoms with Crippen molar-refractivity contribution in [2.24, 2.45) is 16.9 Å². The molecule has 0 heterocycles. The quantitative estimate of drug-likeness (QED) is 0.492. The molecule has 1 rings (SSSR count). The van der Waals surface area contributed by atoms with Crippen molar-refractivity contribution in [3.63, 3.8) is 0 Å². The third-order valence-electron chi connectivity index (χ3n) is 2.03. The Morgan fingerprint density at radius 2 is 2.20 bits per heavy atom. The summed E-state index contributed by atoms with van der Waals surface area (Å²) >= 11 is 0. The van der Waals surface area contributed by atoms with Gasteiger partial charge in [-0.1, -0.05) is 0 Å². The molecule has 0 bridgehead atoms. The van der Waals surface area contributed by atoms with Crippen LogP contribution in [0, 0.1) is 5.41 Å². The highest BCUT2D eigenvalue weighted by molar-refractivity contribution is 5.71. The van der Waals surface area contributed by atoms with Crippen molar-refractivity contribution < 1.29 is 4.79 Å². The molecule has 1 saturated carbocycles. The minimum Gasteiger partial charge on any atom is -0.352 e. The van der Waals surface area contributed by atoms with Gasteiger partial charge in [-0.3, -0.25) is 0 Å². The van der Waals surface area contributed by atoms with Crippen molar-refractivity contribution in [1.82, 2.24) is 5.32 Å². The lowest BCUT2D eigenvalue weighted by molar-refractivity contribution is 0.246. The number of amides is 2. The Balaban J connectivity index is 2.19. The fourth-order valence-electron chi connectivity index (χ4n) is 0.904. The molecule has 0 aliphatic heterocycles. The number of rotatable bonds is 3. The highest BCUT2D eigenvalue weighted by Crippen LogP contribution is 2.43. The van der Waals surface area contributed by atoms with Crippen LogP contribution in [0.2, 0.25) is 0 Å². The van der Waals surface area contributed by atoms with E-state index < -0.39 is 6.03 Å². The van der Waals surface area contributed by atoms with E-state index in [4.69, 9.17) is 11.5 Å². The molecule has 0 aromatic carbocycles. The third-order valence-corrected chi connectivity index (χ3v) is 2.03. The Morgan fingerprint density at radius 1 is 1.60 bits per heavy atom. The largest absolute Gasteiger partial charge is 0.352 e. The van der Waals surface area contributed by atoms with E-state index in [1.54, 1.807) is 0 Å². The smallest absolute Gasteiger partial charge is 0.312 e. The number of nitrogens with one attached hydrogen (secondary N) is 1. The van der Waals surface area contributed by atoms with Crippen LogP contribution >= 0.6 is 0 Å². The van der Waals surface area contributed by atoms with E-state index in [2.05, 4.69) is 5.32 Å². The van der Waals surface area contributed by atoms with Crippen molar-refractivity contribution in [1.29, 1.82) is 0 Å². The first kappa shape index (κ1) is 7.34. The topological polar surface area (TPSA) is 81.1 Å². The first-order valence-corrected chi connectivity index (χ1v) is 3.42. The average molecular weight is 143 g/mol. The summed E-state index contributed by atoms with van der Waals surface area (Å²) in [5.74, 6) is 0. The summed E-state index contributed by atoms with van der Waals surface area (Å²) in [5.41, 5.74) is 10.5. The van der Waals surface area contributed by atoms with Crippen molar-refractivity contribution in [3.05, 3.63) is 0 Å². The number of hydrogen-bond donors (Lipinski definition) is 3. The van der Waals surface area contributed by atoms with E-state index >= 15 is 0 Å². The summed E-state index contributed by atoms with van der Waals surface area (Å²) in [6.45, 7) is 1.28. The van der Waals surface area contributed by atoms with E-state index in [1.165, 1.54) is 0 Å². The molecule has 0 aromatic rings. The van der Waals surface area contributed by atoms with Gasteiger partial charge in [-0.05, 0) is 19.4 Å². The molecule has 1 aliphatic rings.